The summed E-state index contributed by atoms with van der Waals surface area (Å²) in [5.74, 6) is 0.295. The van der Waals surface area contributed by atoms with Crippen molar-refractivity contribution in [3.63, 3.8) is 0 Å². The molecule has 0 radical (unpaired) electrons. The van der Waals surface area contributed by atoms with Crippen LogP contribution in [0.4, 0.5) is 0 Å². The minimum Gasteiger partial charge on any atom is -0.490 e. The number of fused-ring (bicyclic) bond motifs is 1. The van der Waals surface area contributed by atoms with Crippen molar-refractivity contribution in [1.29, 1.82) is 0 Å². The fourth-order valence-electron chi connectivity index (χ4n) is 2.20. The van der Waals surface area contributed by atoms with E-state index in [-0.39, 0.29) is 18.4 Å². The Morgan fingerprint density at radius 2 is 1.74 bits per heavy atom. The Bertz CT molecular complexity index is 821. The summed E-state index contributed by atoms with van der Waals surface area (Å²) in [6.07, 6.45) is 0. The molecule has 23 heavy (non-hydrogen) atoms. The van der Waals surface area contributed by atoms with Gasteiger partial charge in [-0.05, 0) is 24.3 Å². The molecule has 0 aliphatic heterocycles. The SMILES string of the molecule is O=C(OCCOc1ccccc1)c1cc(Cl)nc2ccccc12. The third-order valence-electron chi connectivity index (χ3n) is 3.23. The average Bonchev–Trinajstić information content (AvgIpc) is 2.58. The number of carbonyl (C=O) groups excluding carboxylic acids is 1. The second kappa shape index (κ2) is 7.11. The highest BCUT2D eigenvalue weighted by Gasteiger charge is 2.13. The maximum absolute atomic E-state index is 12.3. The number of hydrogen-bond acceptors (Lipinski definition) is 4. The van der Waals surface area contributed by atoms with Crippen LogP contribution in [0.1, 0.15) is 10.4 Å². The Balaban J connectivity index is 1.64. The van der Waals surface area contributed by atoms with E-state index in [1.54, 1.807) is 6.07 Å². The molecule has 1 heterocycles. The van der Waals surface area contributed by atoms with Crippen molar-refractivity contribution < 1.29 is 14.3 Å². The van der Waals surface area contributed by atoms with Crippen molar-refractivity contribution in [3.05, 3.63) is 71.4 Å². The van der Waals surface area contributed by atoms with Gasteiger partial charge in [0.15, 0.2) is 0 Å². The number of rotatable bonds is 5. The van der Waals surface area contributed by atoms with Crippen LogP contribution in [0.2, 0.25) is 5.15 Å². The molecule has 0 spiro atoms. The van der Waals surface area contributed by atoms with Gasteiger partial charge in [0.25, 0.3) is 0 Å². The topological polar surface area (TPSA) is 48.4 Å². The molecule has 116 valence electrons. The van der Waals surface area contributed by atoms with Gasteiger partial charge in [0, 0.05) is 5.39 Å². The molecule has 0 saturated carbocycles. The first-order chi connectivity index (χ1) is 11.2. The quantitative estimate of drug-likeness (QED) is 0.402. The number of benzene rings is 2. The molecule has 0 atom stereocenters. The van der Waals surface area contributed by atoms with E-state index in [2.05, 4.69) is 4.98 Å². The summed E-state index contributed by atoms with van der Waals surface area (Å²) in [6, 6.07) is 18.2. The Morgan fingerprint density at radius 1 is 1.00 bits per heavy atom. The summed E-state index contributed by atoms with van der Waals surface area (Å²) < 4.78 is 10.8. The van der Waals surface area contributed by atoms with Gasteiger partial charge in [0.05, 0.1) is 11.1 Å². The van der Waals surface area contributed by atoms with E-state index < -0.39 is 5.97 Å². The highest BCUT2D eigenvalue weighted by Crippen LogP contribution is 2.21. The van der Waals surface area contributed by atoms with Crippen LogP contribution >= 0.6 is 11.6 Å². The molecule has 0 bridgehead atoms. The van der Waals surface area contributed by atoms with E-state index >= 15 is 0 Å². The van der Waals surface area contributed by atoms with Crippen molar-refractivity contribution in [3.8, 4) is 5.75 Å². The minimum absolute atomic E-state index is 0.155. The molecule has 0 aliphatic carbocycles. The average molecular weight is 328 g/mol. The van der Waals surface area contributed by atoms with Crippen molar-refractivity contribution >= 4 is 28.5 Å². The molecule has 2 aromatic carbocycles. The third kappa shape index (κ3) is 3.79. The van der Waals surface area contributed by atoms with Crippen LogP contribution in [0.25, 0.3) is 10.9 Å². The largest absolute Gasteiger partial charge is 0.490 e. The fourth-order valence-corrected chi connectivity index (χ4v) is 2.40. The van der Waals surface area contributed by atoms with Crippen molar-refractivity contribution in [2.75, 3.05) is 13.2 Å². The summed E-state index contributed by atoms with van der Waals surface area (Å²) in [4.78, 5) is 16.4. The van der Waals surface area contributed by atoms with Gasteiger partial charge in [-0.15, -0.1) is 0 Å². The lowest BCUT2D eigenvalue weighted by atomic mass is 10.1. The molecule has 0 N–H and O–H groups in total. The molecule has 3 rings (SSSR count). The number of para-hydroxylation sites is 2. The molecular weight excluding hydrogens is 314 g/mol. The number of halogens is 1. The zero-order chi connectivity index (χ0) is 16.1. The molecule has 0 fully saturated rings. The summed E-state index contributed by atoms with van der Waals surface area (Å²) in [5.41, 5.74) is 1.06. The number of hydrogen-bond donors (Lipinski definition) is 0. The van der Waals surface area contributed by atoms with Crippen molar-refractivity contribution in [2.24, 2.45) is 0 Å². The Hall–Kier alpha value is -2.59. The van der Waals surface area contributed by atoms with Gasteiger partial charge in [-0.1, -0.05) is 48.0 Å². The van der Waals surface area contributed by atoms with Crippen LogP contribution in [-0.4, -0.2) is 24.2 Å². The van der Waals surface area contributed by atoms with Crippen LogP contribution in [0, 0.1) is 0 Å². The van der Waals surface area contributed by atoms with E-state index in [0.29, 0.717) is 16.5 Å². The first kappa shape index (κ1) is 15.3. The van der Waals surface area contributed by atoms with Crippen LogP contribution in [0.5, 0.6) is 5.75 Å². The smallest absolute Gasteiger partial charge is 0.339 e. The van der Waals surface area contributed by atoms with Gasteiger partial charge in [-0.2, -0.15) is 0 Å². The van der Waals surface area contributed by atoms with Crippen LogP contribution < -0.4 is 4.74 Å². The van der Waals surface area contributed by atoms with Crippen LogP contribution in [-0.2, 0) is 4.74 Å². The van der Waals surface area contributed by atoms with E-state index in [9.17, 15) is 4.79 Å². The highest BCUT2D eigenvalue weighted by atomic mass is 35.5. The zero-order valence-corrected chi connectivity index (χ0v) is 13.0. The van der Waals surface area contributed by atoms with Crippen LogP contribution in [0.3, 0.4) is 0 Å². The second-order valence-corrected chi connectivity index (χ2v) is 5.19. The third-order valence-corrected chi connectivity index (χ3v) is 3.43. The minimum atomic E-state index is -0.442. The lowest BCUT2D eigenvalue weighted by molar-refractivity contribution is 0.0452. The second-order valence-electron chi connectivity index (χ2n) is 4.81. The van der Waals surface area contributed by atoms with Gasteiger partial charge in [0.2, 0.25) is 0 Å². The van der Waals surface area contributed by atoms with E-state index in [4.69, 9.17) is 21.1 Å². The van der Waals surface area contributed by atoms with Gasteiger partial charge in [-0.3, -0.25) is 0 Å². The molecule has 0 aliphatic rings. The van der Waals surface area contributed by atoms with Gasteiger partial charge >= 0.3 is 5.97 Å². The van der Waals surface area contributed by atoms with E-state index in [0.717, 1.165) is 5.75 Å². The Labute approximate surface area is 138 Å². The molecule has 4 nitrogen and oxygen atoms in total. The monoisotopic (exact) mass is 327 g/mol. The molecule has 0 unspecified atom stereocenters. The zero-order valence-electron chi connectivity index (χ0n) is 12.2. The fraction of sp³-hybridized carbons (Fsp3) is 0.111. The Kier molecular flexibility index (Phi) is 4.74. The molecule has 5 heteroatoms. The normalized spacial score (nSPS) is 10.5. The molecule has 3 aromatic rings. The molecule has 1 aromatic heterocycles. The first-order valence-electron chi connectivity index (χ1n) is 7.14. The predicted octanol–water partition coefficient (Wildman–Crippen LogP) is 4.12. The number of nitrogens with zero attached hydrogens (tertiary/aromatic N) is 1. The lowest BCUT2D eigenvalue weighted by Crippen LogP contribution is -2.13. The summed E-state index contributed by atoms with van der Waals surface area (Å²) >= 11 is 5.97. The number of ether oxygens (including phenoxy) is 2. The number of aromatic nitrogens is 1. The summed E-state index contributed by atoms with van der Waals surface area (Å²) in [7, 11) is 0. The maximum atomic E-state index is 12.3. The number of carbonyl (C=O) groups is 1. The number of pyridine rings is 1. The Morgan fingerprint density at radius 3 is 2.57 bits per heavy atom. The van der Waals surface area contributed by atoms with Gasteiger partial charge in [0.1, 0.15) is 24.1 Å². The predicted molar refractivity (Wildman–Crippen MR) is 89.0 cm³/mol. The molecule has 0 saturated heterocycles. The standard InChI is InChI=1S/C18H14ClNO3/c19-17-12-15(14-8-4-5-9-16(14)20-17)18(21)23-11-10-22-13-6-2-1-3-7-13/h1-9,12H,10-11H2. The first-order valence-corrected chi connectivity index (χ1v) is 7.52. The van der Waals surface area contributed by atoms with E-state index in [1.165, 1.54) is 6.07 Å². The van der Waals surface area contributed by atoms with Gasteiger partial charge in [-0.25, -0.2) is 9.78 Å². The van der Waals surface area contributed by atoms with Gasteiger partial charge < -0.3 is 9.47 Å². The van der Waals surface area contributed by atoms with E-state index in [1.807, 2.05) is 48.5 Å². The van der Waals surface area contributed by atoms with Crippen molar-refractivity contribution in [2.45, 2.75) is 0 Å². The summed E-state index contributed by atoms with van der Waals surface area (Å²) in [5, 5.41) is 0.974. The summed E-state index contributed by atoms with van der Waals surface area (Å²) in [6.45, 7) is 0.439. The molecule has 0 amide bonds. The lowest BCUT2D eigenvalue weighted by Gasteiger charge is -2.09. The maximum Gasteiger partial charge on any atom is 0.339 e. The number of esters is 1. The highest BCUT2D eigenvalue weighted by molar-refractivity contribution is 6.30. The van der Waals surface area contributed by atoms with Crippen LogP contribution in [0.15, 0.2) is 60.7 Å². The molecular formula is C18H14ClNO3. The van der Waals surface area contributed by atoms with Crippen molar-refractivity contribution in [1.82, 2.24) is 4.98 Å².